The van der Waals surface area contributed by atoms with Gasteiger partial charge in [-0.1, -0.05) is 6.08 Å². The van der Waals surface area contributed by atoms with Crippen molar-refractivity contribution in [2.24, 2.45) is 0 Å². The fraction of sp³-hybridized carbons (Fsp3) is 0.200. The first kappa shape index (κ1) is 12.4. The van der Waals surface area contributed by atoms with E-state index in [0.717, 1.165) is 6.20 Å². The highest BCUT2D eigenvalue weighted by molar-refractivity contribution is 7.89. The number of pyridine rings is 1. The average Bonchev–Trinajstić information content (AvgIpc) is 2.28. The highest BCUT2D eigenvalue weighted by Crippen LogP contribution is 2.08. The molecule has 1 heterocycles. The molecule has 16 heavy (non-hydrogen) atoms. The van der Waals surface area contributed by atoms with E-state index in [1.807, 2.05) is 6.07 Å². The molecule has 1 rings (SSSR count). The fourth-order valence-electron chi connectivity index (χ4n) is 0.966. The predicted molar refractivity (Wildman–Crippen MR) is 58.9 cm³/mol. The van der Waals surface area contributed by atoms with Crippen LogP contribution in [0.15, 0.2) is 35.9 Å². The second-order valence-electron chi connectivity index (χ2n) is 3.14. The van der Waals surface area contributed by atoms with Crippen molar-refractivity contribution in [1.82, 2.24) is 9.71 Å². The van der Waals surface area contributed by atoms with E-state index in [0.29, 0.717) is 0 Å². The lowest BCUT2D eigenvalue weighted by Gasteiger charge is -2.09. The number of aromatic nitrogens is 1. The van der Waals surface area contributed by atoms with Crippen molar-refractivity contribution in [2.75, 3.05) is 0 Å². The summed E-state index contributed by atoms with van der Waals surface area (Å²) < 4.78 is 25.8. The highest BCUT2D eigenvalue weighted by atomic mass is 32.2. The van der Waals surface area contributed by atoms with E-state index in [-0.39, 0.29) is 16.6 Å². The zero-order valence-corrected chi connectivity index (χ0v) is 9.53. The zero-order valence-electron chi connectivity index (χ0n) is 8.71. The number of nitriles is 1. The summed E-state index contributed by atoms with van der Waals surface area (Å²) in [6, 6.07) is 4.15. The van der Waals surface area contributed by atoms with E-state index in [4.69, 9.17) is 5.26 Å². The van der Waals surface area contributed by atoms with Crippen LogP contribution in [0.4, 0.5) is 0 Å². The molecular weight excluding hydrogens is 226 g/mol. The Kier molecular flexibility index (Phi) is 3.77. The summed E-state index contributed by atoms with van der Waals surface area (Å²) in [5.41, 5.74) is 0.177. The van der Waals surface area contributed by atoms with Crippen LogP contribution in [0.1, 0.15) is 12.6 Å². The summed E-state index contributed by atoms with van der Waals surface area (Å²) in [4.78, 5) is 3.72. The third kappa shape index (κ3) is 2.89. The third-order valence-electron chi connectivity index (χ3n) is 1.86. The van der Waals surface area contributed by atoms with Gasteiger partial charge in [-0.05, 0) is 19.1 Å². The Balaban J connectivity index is 2.99. The number of nitrogens with zero attached hydrogens (tertiary/aromatic N) is 2. The Hall–Kier alpha value is -1.71. The minimum absolute atomic E-state index is 0.0280. The van der Waals surface area contributed by atoms with Crippen LogP contribution in [-0.2, 0) is 10.0 Å². The van der Waals surface area contributed by atoms with Crippen LogP contribution in [0.2, 0.25) is 0 Å². The van der Waals surface area contributed by atoms with Crippen molar-refractivity contribution in [1.29, 1.82) is 5.26 Å². The zero-order chi connectivity index (χ0) is 12.2. The van der Waals surface area contributed by atoms with Crippen LogP contribution < -0.4 is 4.72 Å². The maximum absolute atomic E-state index is 11.7. The number of nitrogens with one attached hydrogen (secondary N) is 1. The summed E-state index contributed by atoms with van der Waals surface area (Å²) in [7, 11) is -3.59. The van der Waals surface area contributed by atoms with Gasteiger partial charge in [-0.2, -0.15) is 5.26 Å². The van der Waals surface area contributed by atoms with E-state index >= 15 is 0 Å². The van der Waals surface area contributed by atoms with Gasteiger partial charge in [-0.15, -0.1) is 6.58 Å². The molecule has 0 saturated heterocycles. The number of hydrogen-bond donors (Lipinski definition) is 1. The summed E-state index contributed by atoms with van der Waals surface area (Å²) in [6.07, 6.45) is 2.63. The lowest BCUT2D eigenvalue weighted by molar-refractivity contribution is 0.576. The largest absolute Gasteiger partial charge is 0.244 e. The molecule has 1 unspecified atom stereocenters. The van der Waals surface area contributed by atoms with Crippen molar-refractivity contribution in [3.05, 3.63) is 36.7 Å². The monoisotopic (exact) mass is 237 g/mol. The summed E-state index contributed by atoms with van der Waals surface area (Å²) in [5.74, 6) is 0. The van der Waals surface area contributed by atoms with Crippen molar-refractivity contribution in [2.45, 2.75) is 17.9 Å². The molecule has 1 N–H and O–H groups in total. The molecule has 1 aromatic rings. The summed E-state index contributed by atoms with van der Waals surface area (Å²) in [6.45, 7) is 5.15. The minimum atomic E-state index is -3.59. The molecule has 0 fully saturated rings. The fourth-order valence-corrected chi connectivity index (χ4v) is 2.13. The van der Waals surface area contributed by atoms with Gasteiger partial charge in [0.05, 0.1) is 0 Å². The van der Waals surface area contributed by atoms with Gasteiger partial charge in [0.15, 0.2) is 0 Å². The minimum Gasteiger partial charge on any atom is -0.244 e. The molecule has 0 amide bonds. The van der Waals surface area contributed by atoms with Crippen LogP contribution in [0.5, 0.6) is 0 Å². The van der Waals surface area contributed by atoms with E-state index in [2.05, 4.69) is 16.3 Å². The average molecular weight is 237 g/mol. The van der Waals surface area contributed by atoms with Gasteiger partial charge in [0, 0.05) is 12.2 Å². The van der Waals surface area contributed by atoms with Crippen LogP contribution in [0.25, 0.3) is 0 Å². The van der Waals surface area contributed by atoms with Crippen LogP contribution >= 0.6 is 0 Å². The molecule has 0 aliphatic carbocycles. The molecule has 84 valence electrons. The maximum atomic E-state index is 11.7. The van der Waals surface area contributed by atoms with Crippen LogP contribution in [0.3, 0.4) is 0 Å². The maximum Gasteiger partial charge on any atom is 0.242 e. The molecule has 1 atom stereocenters. The Labute approximate surface area is 94.5 Å². The van der Waals surface area contributed by atoms with Crippen molar-refractivity contribution >= 4 is 10.0 Å². The first-order valence-corrected chi connectivity index (χ1v) is 5.99. The summed E-state index contributed by atoms with van der Waals surface area (Å²) in [5, 5.41) is 8.52. The molecule has 6 heteroatoms. The van der Waals surface area contributed by atoms with Gasteiger partial charge in [-0.25, -0.2) is 18.1 Å². The Morgan fingerprint density at radius 1 is 1.62 bits per heavy atom. The van der Waals surface area contributed by atoms with Gasteiger partial charge in [0.1, 0.15) is 16.7 Å². The van der Waals surface area contributed by atoms with Gasteiger partial charge in [-0.3, -0.25) is 0 Å². The van der Waals surface area contributed by atoms with Gasteiger partial charge in [0.25, 0.3) is 0 Å². The third-order valence-corrected chi connectivity index (χ3v) is 3.40. The summed E-state index contributed by atoms with van der Waals surface area (Å²) >= 11 is 0. The molecular formula is C10H11N3O2S. The molecule has 0 aliphatic rings. The Morgan fingerprint density at radius 2 is 2.31 bits per heavy atom. The number of hydrogen-bond acceptors (Lipinski definition) is 4. The van der Waals surface area contributed by atoms with E-state index < -0.39 is 10.0 Å². The normalized spacial score (nSPS) is 12.8. The van der Waals surface area contributed by atoms with E-state index in [1.165, 1.54) is 18.2 Å². The molecule has 0 spiro atoms. The number of sulfonamides is 1. The SMILES string of the molecule is C=CC(C)NS(=O)(=O)c1ccc(C#N)nc1. The molecule has 1 aromatic heterocycles. The van der Waals surface area contributed by atoms with Crippen molar-refractivity contribution in [3.8, 4) is 6.07 Å². The van der Waals surface area contributed by atoms with Crippen molar-refractivity contribution in [3.63, 3.8) is 0 Å². The second-order valence-corrected chi connectivity index (χ2v) is 4.85. The molecule has 0 saturated carbocycles. The first-order valence-electron chi connectivity index (χ1n) is 4.50. The van der Waals surface area contributed by atoms with Crippen molar-refractivity contribution < 1.29 is 8.42 Å². The molecule has 5 nitrogen and oxygen atoms in total. The van der Waals surface area contributed by atoms with Gasteiger partial charge < -0.3 is 0 Å². The predicted octanol–water partition coefficient (Wildman–Crippen LogP) is 0.806. The Bertz CT molecular complexity index is 514. The molecule has 0 aliphatic heterocycles. The molecule has 0 radical (unpaired) electrons. The topological polar surface area (TPSA) is 82.9 Å². The van der Waals surface area contributed by atoms with Crippen LogP contribution in [-0.4, -0.2) is 19.4 Å². The first-order chi connectivity index (χ1) is 7.49. The lowest BCUT2D eigenvalue weighted by atomic mass is 10.4. The quantitative estimate of drug-likeness (QED) is 0.785. The smallest absolute Gasteiger partial charge is 0.242 e. The van der Waals surface area contributed by atoms with Crippen LogP contribution in [0, 0.1) is 11.3 Å². The standard InChI is InChI=1S/C10H11N3O2S/c1-3-8(2)13-16(14,15)10-5-4-9(6-11)12-7-10/h3-5,7-8,13H,1H2,2H3. The lowest BCUT2D eigenvalue weighted by Crippen LogP contribution is -2.31. The second kappa shape index (κ2) is 4.88. The van der Waals surface area contributed by atoms with E-state index in [1.54, 1.807) is 6.92 Å². The van der Waals surface area contributed by atoms with Gasteiger partial charge in [0.2, 0.25) is 10.0 Å². The molecule has 0 aromatic carbocycles. The number of rotatable bonds is 4. The highest BCUT2D eigenvalue weighted by Gasteiger charge is 2.15. The van der Waals surface area contributed by atoms with E-state index in [9.17, 15) is 8.42 Å². The Morgan fingerprint density at radius 3 is 2.75 bits per heavy atom. The molecule has 0 bridgehead atoms. The van der Waals surface area contributed by atoms with Gasteiger partial charge >= 0.3 is 0 Å².